The van der Waals surface area contributed by atoms with Gasteiger partial charge >= 0.3 is 0 Å². The van der Waals surface area contributed by atoms with Gasteiger partial charge in [0.25, 0.3) is 0 Å². The summed E-state index contributed by atoms with van der Waals surface area (Å²) in [6.45, 7) is 5.56. The second-order valence-electron chi connectivity index (χ2n) is 10.9. The zero-order valence-electron chi connectivity index (χ0n) is 28.3. The van der Waals surface area contributed by atoms with Crippen LogP contribution in [0.2, 0.25) is 12.1 Å². The van der Waals surface area contributed by atoms with Gasteiger partial charge in [-0.2, -0.15) is 0 Å². The Morgan fingerprint density at radius 3 is 1.51 bits per heavy atom. The molecule has 0 saturated heterocycles. The minimum absolute atomic E-state index is 0.420. The summed E-state index contributed by atoms with van der Waals surface area (Å²) in [5.74, 6) is 2.91. The summed E-state index contributed by atoms with van der Waals surface area (Å²) in [7, 11) is 11.6. The third-order valence-electron chi connectivity index (χ3n) is 7.25. The second-order valence-corrected chi connectivity index (χ2v) is 23.7. The van der Waals surface area contributed by atoms with E-state index in [9.17, 15) is 0 Å². The van der Waals surface area contributed by atoms with Crippen molar-refractivity contribution in [3.63, 3.8) is 0 Å². The van der Waals surface area contributed by atoms with Crippen LogP contribution >= 0.6 is 73.7 Å². The predicted octanol–water partition coefficient (Wildman–Crippen LogP) is 8.24. The fourth-order valence-corrected chi connectivity index (χ4v) is 20.0. The number of ether oxygens (including phenoxy) is 4. The van der Waals surface area contributed by atoms with Gasteiger partial charge < -0.3 is 27.8 Å². The van der Waals surface area contributed by atoms with E-state index >= 15 is 0 Å². The standard InChI is InChI=1S/C32H48N2O6S7Si2/c1-35-17-19-37-13-7-15-39-48-23-25(31-33-27-9-3-5-11-29(27)43-31)21-41-45-47-46-42-22-26(24-49-40-16-8-14-38-20-18-36-2)32-34-28-10-4-6-12-30(28)44-32/h3-6,9-12,25-26H,7-8,13-24,48-49H2,1-2H3. The van der Waals surface area contributed by atoms with E-state index in [-0.39, 0.29) is 0 Å². The number of fused-ring (bicyclic) bond motifs is 2. The van der Waals surface area contributed by atoms with Crippen molar-refractivity contribution in [1.82, 2.24) is 9.97 Å². The molecule has 49 heavy (non-hydrogen) atoms. The van der Waals surface area contributed by atoms with Crippen molar-refractivity contribution in [3.05, 3.63) is 58.5 Å². The minimum atomic E-state index is -0.644. The van der Waals surface area contributed by atoms with E-state index in [1.165, 1.54) is 19.4 Å². The van der Waals surface area contributed by atoms with Crippen LogP contribution in [-0.4, -0.2) is 108 Å². The van der Waals surface area contributed by atoms with E-state index in [2.05, 4.69) is 48.5 Å². The summed E-state index contributed by atoms with van der Waals surface area (Å²) in [5.41, 5.74) is 2.20. The molecule has 0 fully saturated rings. The molecule has 2 unspecified atom stereocenters. The number of aromatic nitrogens is 2. The lowest BCUT2D eigenvalue weighted by Crippen LogP contribution is -2.10. The highest BCUT2D eigenvalue weighted by molar-refractivity contribution is 9.35. The first-order chi connectivity index (χ1) is 24.3. The van der Waals surface area contributed by atoms with Crippen molar-refractivity contribution in [1.29, 1.82) is 0 Å². The average molecular weight is 837 g/mol. The lowest BCUT2D eigenvalue weighted by Gasteiger charge is -2.14. The highest BCUT2D eigenvalue weighted by atomic mass is 33.8. The molecule has 0 bridgehead atoms. The number of benzene rings is 2. The first-order valence-electron chi connectivity index (χ1n) is 16.5. The monoisotopic (exact) mass is 836 g/mol. The van der Waals surface area contributed by atoms with Crippen molar-refractivity contribution in [2.24, 2.45) is 0 Å². The number of hydrogen-bond donors (Lipinski definition) is 0. The van der Waals surface area contributed by atoms with Gasteiger partial charge in [-0.05, 0) is 78.7 Å². The summed E-state index contributed by atoms with van der Waals surface area (Å²) in [6.07, 6.45) is 1.86. The normalized spacial score (nSPS) is 13.6. The number of hydrogen-bond acceptors (Lipinski definition) is 15. The van der Waals surface area contributed by atoms with Crippen LogP contribution in [-0.2, 0) is 27.8 Å². The molecule has 0 aliphatic rings. The van der Waals surface area contributed by atoms with Gasteiger partial charge in [-0.1, -0.05) is 45.9 Å². The van der Waals surface area contributed by atoms with Crippen LogP contribution in [0.25, 0.3) is 20.4 Å². The highest BCUT2D eigenvalue weighted by Gasteiger charge is 2.19. The van der Waals surface area contributed by atoms with Gasteiger partial charge in [0.1, 0.15) is 0 Å². The third kappa shape index (κ3) is 16.8. The second kappa shape index (κ2) is 26.9. The topological polar surface area (TPSA) is 81.2 Å². The lowest BCUT2D eigenvalue weighted by molar-refractivity contribution is 0.0646. The summed E-state index contributed by atoms with van der Waals surface area (Å²) < 4.78 is 36.0. The fraction of sp³-hybridized carbons (Fsp3) is 0.562. The Morgan fingerprint density at radius 1 is 0.592 bits per heavy atom. The molecule has 4 aromatic rings. The van der Waals surface area contributed by atoms with Crippen LogP contribution in [0.15, 0.2) is 48.5 Å². The Balaban J connectivity index is 1.17. The number of thiazole rings is 2. The van der Waals surface area contributed by atoms with Crippen molar-refractivity contribution in [2.75, 3.05) is 78.6 Å². The number of nitrogens with zero attached hydrogens (tertiary/aromatic N) is 2. The van der Waals surface area contributed by atoms with Crippen LogP contribution in [0.4, 0.5) is 0 Å². The maximum atomic E-state index is 6.12. The van der Waals surface area contributed by atoms with E-state index in [0.29, 0.717) is 38.3 Å². The zero-order valence-corrected chi connectivity index (χ0v) is 36.8. The lowest BCUT2D eigenvalue weighted by atomic mass is 10.2. The summed E-state index contributed by atoms with van der Waals surface area (Å²) in [6, 6.07) is 19.1. The Labute approximate surface area is 322 Å². The summed E-state index contributed by atoms with van der Waals surface area (Å²) in [4.78, 5) is 10.0. The largest absolute Gasteiger partial charge is 0.424 e. The zero-order chi connectivity index (χ0) is 34.2. The maximum Gasteiger partial charge on any atom is 0.162 e. The average Bonchev–Trinajstić information content (AvgIpc) is 3.76. The molecular weight excluding hydrogens is 789 g/mol. The molecule has 0 aliphatic heterocycles. The number of para-hydroxylation sites is 2. The van der Waals surface area contributed by atoms with Crippen LogP contribution in [0.5, 0.6) is 0 Å². The van der Waals surface area contributed by atoms with Gasteiger partial charge in [0, 0.05) is 64.0 Å². The van der Waals surface area contributed by atoms with Gasteiger partial charge in [-0.15, -0.1) is 22.7 Å². The minimum Gasteiger partial charge on any atom is -0.424 e. The van der Waals surface area contributed by atoms with Crippen LogP contribution < -0.4 is 0 Å². The number of rotatable bonds is 30. The molecule has 17 heteroatoms. The SMILES string of the molecule is COCCOCCCO[SiH2]CC(CSSSSSCC(C[SiH2]OCCCOCCOC)c1nc2ccccc2s1)c1nc2ccccc2s1. The molecule has 4 rings (SSSR count). The van der Waals surface area contributed by atoms with Crippen molar-refractivity contribution in [2.45, 2.75) is 36.8 Å². The maximum absolute atomic E-state index is 6.12. The Bertz CT molecular complexity index is 1250. The summed E-state index contributed by atoms with van der Waals surface area (Å²) in [5, 5.41) is 2.48. The summed E-state index contributed by atoms with van der Waals surface area (Å²) >= 11 is 3.67. The molecule has 2 aromatic heterocycles. The van der Waals surface area contributed by atoms with Gasteiger partial charge in [0.05, 0.1) is 56.9 Å². The smallest absolute Gasteiger partial charge is 0.162 e. The molecule has 2 heterocycles. The van der Waals surface area contributed by atoms with Crippen LogP contribution in [0.1, 0.15) is 34.7 Å². The van der Waals surface area contributed by atoms with Gasteiger partial charge in [0.2, 0.25) is 0 Å². The molecule has 0 N–H and O–H groups in total. The first-order valence-corrected chi connectivity index (χ1v) is 27.8. The molecular formula is C32H48N2O6S7Si2. The van der Waals surface area contributed by atoms with Crippen LogP contribution in [0.3, 0.4) is 0 Å². The van der Waals surface area contributed by atoms with Crippen molar-refractivity contribution in [3.8, 4) is 0 Å². The van der Waals surface area contributed by atoms with Crippen molar-refractivity contribution >= 4 is 114 Å². The highest BCUT2D eigenvalue weighted by Crippen LogP contribution is 2.51. The molecule has 0 spiro atoms. The molecule has 0 aliphatic carbocycles. The fourth-order valence-electron chi connectivity index (χ4n) is 4.63. The number of methoxy groups -OCH3 is 2. The van der Waals surface area contributed by atoms with Crippen LogP contribution in [0, 0.1) is 0 Å². The molecule has 0 amide bonds. The van der Waals surface area contributed by atoms with E-state index in [1.807, 2.05) is 73.7 Å². The quantitative estimate of drug-likeness (QED) is 0.0288. The molecule has 8 nitrogen and oxygen atoms in total. The predicted molar refractivity (Wildman–Crippen MR) is 226 cm³/mol. The molecule has 0 radical (unpaired) electrons. The third-order valence-corrected chi connectivity index (χ3v) is 21.5. The molecule has 2 aromatic carbocycles. The Hall–Kier alpha value is 0.164. The van der Waals surface area contributed by atoms with E-state index in [0.717, 1.165) is 73.9 Å². The molecule has 272 valence electrons. The van der Waals surface area contributed by atoms with E-state index < -0.39 is 19.5 Å². The van der Waals surface area contributed by atoms with Gasteiger partial charge in [-0.3, -0.25) is 0 Å². The van der Waals surface area contributed by atoms with E-state index in [1.54, 1.807) is 14.2 Å². The Morgan fingerprint density at radius 2 is 1.06 bits per heavy atom. The Kier molecular flexibility index (Phi) is 23.0. The molecule has 0 saturated carbocycles. The van der Waals surface area contributed by atoms with E-state index in [4.69, 9.17) is 37.8 Å². The van der Waals surface area contributed by atoms with Crippen molar-refractivity contribution < 1.29 is 27.8 Å². The van der Waals surface area contributed by atoms with Gasteiger partial charge in [0.15, 0.2) is 19.5 Å². The molecule has 2 atom stereocenters. The van der Waals surface area contributed by atoms with Gasteiger partial charge in [-0.25, -0.2) is 9.97 Å². The first kappa shape index (κ1) is 41.9.